The monoisotopic (exact) mass is 283 g/mol. The molecule has 1 saturated carbocycles. The number of ether oxygens (including phenoxy) is 1. The van der Waals surface area contributed by atoms with Gasteiger partial charge in [-0.1, -0.05) is 18.2 Å². The Morgan fingerprint density at radius 1 is 1.19 bits per heavy atom. The predicted octanol–water partition coefficient (Wildman–Crippen LogP) is 3.27. The van der Waals surface area contributed by atoms with Crippen molar-refractivity contribution in [3.8, 4) is 5.75 Å². The van der Waals surface area contributed by atoms with Gasteiger partial charge in [0.05, 0.1) is 12.8 Å². The molecular formula is C17H21N3O. The molecule has 1 aliphatic rings. The van der Waals surface area contributed by atoms with Gasteiger partial charge in [0.1, 0.15) is 5.75 Å². The van der Waals surface area contributed by atoms with E-state index < -0.39 is 0 Å². The summed E-state index contributed by atoms with van der Waals surface area (Å²) in [6, 6.07) is 10.9. The molecule has 1 aromatic heterocycles. The van der Waals surface area contributed by atoms with Crippen molar-refractivity contribution in [1.29, 1.82) is 0 Å². The van der Waals surface area contributed by atoms with E-state index in [1.807, 2.05) is 19.1 Å². The first kappa shape index (κ1) is 13.9. The molecule has 1 aromatic carbocycles. The Bertz CT molecular complexity index is 638. The van der Waals surface area contributed by atoms with Crippen LogP contribution in [0.15, 0.2) is 30.3 Å². The zero-order chi connectivity index (χ0) is 14.8. The van der Waals surface area contributed by atoms with Gasteiger partial charge >= 0.3 is 0 Å². The fourth-order valence-electron chi connectivity index (χ4n) is 2.47. The minimum Gasteiger partial charge on any atom is -0.496 e. The van der Waals surface area contributed by atoms with Crippen LogP contribution in [0, 0.1) is 13.8 Å². The number of aromatic nitrogens is 2. The minimum atomic E-state index is 0.575. The van der Waals surface area contributed by atoms with Crippen LogP contribution in [-0.2, 0) is 6.54 Å². The summed E-state index contributed by atoms with van der Waals surface area (Å²) in [5.74, 6) is 1.89. The third kappa shape index (κ3) is 2.99. The van der Waals surface area contributed by atoms with Crippen molar-refractivity contribution in [2.45, 2.75) is 39.3 Å². The molecule has 0 amide bonds. The van der Waals surface area contributed by atoms with Gasteiger partial charge in [0, 0.05) is 18.2 Å². The molecule has 3 rings (SSSR count). The van der Waals surface area contributed by atoms with Gasteiger partial charge in [0.25, 0.3) is 0 Å². The molecule has 0 bridgehead atoms. The van der Waals surface area contributed by atoms with Crippen LogP contribution < -0.4 is 9.64 Å². The highest BCUT2D eigenvalue weighted by Gasteiger charge is 2.31. The Morgan fingerprint density at radius 2 is 1.95 bits per heavy atom. The minimum absolute atomic E-state index is 0.575. The van der Waals surface area contributed by atoms with Gasteiger partial charge in [-0.2, -0.15) is 5.10 Å². The third-order valence-corrected chi connectivity index (χ3v) is 4.03. The van der Waals surface area contributed by atoms with Crippen molar-refractivity contribution in [3.63, 3.8) is 0 Å². The summed E-state index contributed by atoms with van der Waals surface area (Å²) in [5.41, 5.74) is 3.37. The van der Waals surface area contributed by atoms with E-state index in [2.05, 4.69) is 40.2 Å². The predicted molar refractivity (Wildman–Crippen MR) is 83.7 cm³/mol. The van der Waals surface area contributed by atoms with Crippen molar-refractivity contribution in [2.24, 2.45) is 0 Å². The van der Waals surface area contributed by atoms with Gasteiger partial charge in [-0.15, -0.1) is 5.10 Å². The summed E-state index contributed by atoms with van der Waals surface area (Å²) < 4.78 is 5.46. The van der Waals surface area contributed by atoms with Crippen LogP contribution in [0.25, 0.3) is 0 Å². The Labute approximate surface area is 125 Å². The number of hydrogen-bond donors (Lipinski definition) is 0. The molecule has 0 aliphatic heterocycles. The lowest BCUT2D eigenvalue weighted by Crippen LogP contribution is -2.26. The van der Waals surface area contributed by atoms with Crippen LogP contribution in [0.2, 0.25) is 0 Å². The highest BCUT2D eigenvalue weighted by atomic mass is 16.5. The summed E-state index contributed by atoms with van der Waals surface area (Å²) in [6.45, 7) is 4.89. The fraction of sp³-hybridized carbons (Fsp3) is 0.412. The summed E-state index contributed by atoms with van der Waals surface area (Å²) in [5, 5.41) is 8.66. The van der Waals surface area contributed by atoms with Crippen LogP contribution in [0.1, 0.15) is 29.7 Å². The molecular weight excluding hydrogens is 262 g/mol. The van der Waals surface area contributed by atoms with Crippen LogP contribution in [0.3, 0.4) is 0 Å². The molecule has 0 spiro atoms. The van der Waals surface area contributed by atoms with Crippen LogP contribution in [0.4, 0.5) is 5.82 Å². The summed E-state index contributed by atoms with van der Waals surface area (Å²) in [6.07, 6.45) is 2.45. The summed E-state index contributed by atoms with van der Waals surface area (Å²) in [7, 11) is 1.72. The van der Waals surface area contributed by atoms with Crippen molar-refractivity contribution >= 4 is 5.82 Å². The molecule has 0 atom stereocenters. The molecule has 1 fully saturated rings. The van der Waals surface area contributed by atoms with Crippen molar-refractivity contribution in [2.75, 3.05) is 12.0 Å². The highest BCUT2D eigenvalue weighted by Crippen LogP contribution is 2.33. The third-order valence-electron chi connectivity index (χ3n) is 4.03. The molecule has 0 unspecified atom stereocenters. The second-order valence-electron chi connectivity index (χ2n) is 5.64. The Morgan fingerprint density at radius 3 is 2.62 bits per heavy atom. The molecule has 0 N–H and O–H groups in total. The number of aryl methyl sites for hydroxylation is 2. The number of rotatable bonds is 5. The lowest BCUT2D eigenvalue weighted by Gasteiger charge is -2.24. The second-order valence-corrected chi connectivity index (χ2v) is 5.64. The molecule has 0 saturated heterocycles. The number of hydrogen-bond acceptors (Lipinski definition) is 4. The van der Waals surface area contributed by atoms with E-state index in [0.717, 1.165) is 23.8 Å². The molecule has 1 aliphatic carbocycles. The largest absolute Gasteiger partial charge is 0.496 e. The number of nitrogens with zero attached hydrogens (tertiary/aromatic N) is 3. The smallest absolute Gasteiger partial charge is 0.152 e. The van der Waals surface area contributed by atoms with Gasteiger partial charge in [0.15, 0.2) is 5.82 Å². The van der Waals surface area contributed by atoms with E-state index in [1.54, 1.807) is 7.11 Å². The Hall–Kier alpha value is -2.10. The number of methoxy groups -OCH3 is 1. The van der Waals surface area contributed by atoms with Gasteiger partial charge in [0.2, 0.25) is 0 Å². The van der Waals surface area contributed by atoms with E-state index in [-0.39, 0.29) is 0 Å². The second kappa shape index (κ2) is 5.72. The van der Waals surface area contributed by atoms with Crippen LogP contribution >= 0.6 is 0 Å². The SMILES string of the molecule is COc1ccccc1CN(c1cc(C)c(C)nn1)C1CC1. The lowest BCUT2D eigenvalue weighted by atomic mass is 10.1. The lowest BCUT2D eigenvalue weighted by molar-refractivity contribution is 0.409. The highest BCUT2D eigenvalue weighted by molar-refractivity contribution is 5.46. The molecule has 0 radical (unpaired) electrons. The maximum absolute atomic E-state index is 5.46. The van der Waals surface area contributed by atoms with Crippen LogP contribution in [0.5, 0.6) is 5.75 Å². The maximum Gasteiger partial charge on any atom is 0.152 e. The average molecular weight is 283 g/mol. The molecule has 4 heteroatoms. The summed E-state index contributed by atoms with van der Waals surface area (Å²) in [4.78, 5) is 2.34. The first-order valence-corrected chi connectivity index (χ1v) is 7.38. The Balaban J connectivity index is 1.90. The molecule has 21 heavy (non-hydrogen) atoms. The quantitative estimate of drug-likeness (QED) is 0.844. The van der Waals surface area contributed by atoms with Gasteiger partial charge in [-0.3, -0.25) is 0 Å². The van der Waals surface area contributed by atoms with E-state index in [0.29, 0.717) is 6.04 Å². The molecule has 4 nitrogen and oxygen atoms in total. The van der Waals surface area contributed by atoms with Crippen molar-refractivity contribution in [3.05, 3.63) is 47.2 Å². The fourth-order valence-corrected chi connectivity index (χ4v) is 2.47. The standard InChI is InChI=1S/C17H21N3O/c1-12-10-17(19-18-13(12)2)20(15-8-9-15)11-14-6-4-5-7-16(14)21-3/h4-7,10,15H,8-9,11H2,1-3H3. The number of para-hydroxylation sites is 1. The van der Waals surface area contributed by atoms with Crippen LogP contribution in [-0.4, -0.2) is 23.3 Å². The topological polar surface area (TPSA) is 38.2 Å². The normalized spacial score (nSPS) is 14.0. The molecule has 1 heterocycles. The van der Waals surface area contributed by atoms with Gasteiger partial charge in [-0.05, 0) is 44.4 Å². The Kier molecular flexibility index (Phi) is 3.78. The summed E-state index contributed by atoms with van der Waals surface area (Å²) >= 11 is 0. The van der Waals surface area contributed by atoms with E-state index >= 15 is 0 Å². The van der Waals surface area contributed by atoms with Gasteiger partial charge < -0.3 is 9.64 Å². The number of benzene rings is 1. The molecule has 110 valence electrons. The molecule has 2 aromatic rings. The average Bonchev–Trinajstić information content (AvgIpc) is 3.33. The number of anilines is 1. The van der Waals surface area contributed by atoms with Gasteiger partial charge in [-0.25, -0.2) is 0 Å². The zero-order valence-corrected chi connectivity index (χ0v) is 12.8. The van der Waals surface area contributed by atoms with E-state index in [4.69, 9.17) is 4.74 Å². The van der Waals surface area contributed by atoms with E-state index in [9.17, 15) is 0 Å². The first-order valence-electron chi connectivity index (χ1n) is 7.38. The van der Waals surface area contributed by atoms with E-state index in [1.165, 1.54) is 24.0 Å². The van der Waals surface area contributed by atoms with Crippen molar-refractivity contribution < 1.29 is 4.74 Å². The zero-order valence-electron chi connectivity index (χ0n) is 12.8. The first-order chi connectivity index (χ1) is 10.2. The van der Waals surface area contributed by atoms with Crippen molar-refractivity contribution in [1.82, 2.24) is 10.2 Å². The maximum atomic E-state index is 5.46.